The first-order valence-corrected chi connectivity index (χ1v) is 7.44. The number of carbonyl (C=O) groups excluding carboxylic acids is 1. The van der Waals surface area contributed by atoms with Gasteiger partial charge in [0.25, 0.3) is 5.91 Å². The lowest BCUT2D eigenvalue weighted by Gasteiger charge is -2.22. The number of halogens is 1. The van der Waals surface area contributed by atoms with Crippen LogP contribution in [0.3, 0.4) is 0 Å². The molecular formula is C15H23BrN2O2. The van der Waals surface area contributed by atoms with Crippen molar-refractivity contribution in [3.8, 4) is 5.75 Å². The van der Waals surface area contributed by atoms with Gasteiger partial charge in [-0.1, -0.05) is 15.9 Å². The van der Waals surface area contributed by atoms with E-state index in [2.05, 4.69) is 47.3 Å². The van der Waals surface area contributed by atoms with E-state index >= 15 is 0 Å². The number of likely N-dealkylation sites (N-methyl/N-ethyl adjacent to an activating group) is 1. The number of hydrogen-bond acceptors (Lipinski definition) is 3. The molecule has 112 valence electrons. The van der Waals surface area contributed by atoms with Gasteiger partial charge in [-0.3, -0.25) is 4.79 Å². The van der Waals surface area contributed by atoms with Gasteiger partial charge in [-0.05, 0) is 45.9 Å². The Morgan fingerprint density at radius 1 is 1.40 bits per heavy atom. The van der Waals surface area contributed by atoms with Crippen molar-refractivity contribution in [1.82, 2.24) is 10.6 Å². The van der Waals surface area contributed by atoms with Crippen molar-refractivity contribution in [2.45, 2.75) is 45.9 Å². The summed E-state index contributed by atoms with van der Waals surface area (Å²) in [4.78, 5) is 11.6. The molecule has 4 nitrogen and oxygen atoms in total. The van der Waals surface area contributed by atoms with Crippen LogP contribution in [0.15, 0.2) is 22.7 Å². The van der Waals surface area contributed by atoms with E-state index in [-0.39, 0.29) is 11.4 Å². The number of amides is 1. The Bertz CT molecular complexity index is 469. The van der Waals surface area contributed by atoms with Gasteiger partial charge in [0.2, 0.25) is 0 Å². The van der Waals surface area contributed by atoms with Crippen LogP contribution < -0.4 is 15.4 Å². The van der Waals surface area contributed by atoms with Crippen LogP contribution in [0.5, 0.6) is 5.75 Å². The normalized spacial score (nSPS) is 12.9. The fraction of sp³-hybridized carbons (Fsp3) is 0.533. The van der Waals surface area contributed by atoms with E-state index in [4.69, 9.17) is 4.74 Å². The second kappa shape index (κ2) is 7.09. The maximum Gasteiger partial charge on any atom is 0.260 e. The summed E-state index contributed by atoms with van der Waals surface area (Å²) in [5.41, 5.74) is 1.04. The van der Waals surface area contributed by atoms with Crippen molar-refractivity contribution in [1.29, 1.82) is 0 Å². The first-order valence-electron chi connectivity index (χ1n) is 6.64. The SMILES string of the molecule is CNC(=O)C(C)Oc1ccc(Br)cc1CNC(C)(C)C. The lowest BCUT2D eigenvalue weighted by molar-refractivity contribution is -0.126. The van der Waals surface area contributed by atoms with E-state index < -0.39 is 6.10 Å². The number of ether oxygens (including phenoxy) is 1. The van der Waals surface area contributed by atoms with Gasteiger partial charge in [0.05, 0.1) is 0 Å². The fourth-order valence-electron chi connectivity index (χ4n) is 1.61. The Morgan fingerprint density at radius 3 is 2.60 bits per heavy atom. The molecule has 1 aromatic rings. The highest BCUT2D eigenvalue weighted by atomic mass is 79.9. The number of carbonyl (C=O) groups is 1. The van der Waals surface area contributed by atoms with Crippen LogP contribution in [0.25, 0.3) is 0 Å². The largest absolute Gasteiger partial charge is 0.481 e. The molecule has 1 unspecified atom stereocenters. The van der Waals surface area contributed by atoms with E-state index in [1.165, 1.54) is 0 Å². The highest BCUT2D eigenvalue weighted by Gasteiger charge is 2.16. The molecule has 1 atom stereocenters. The topological polar surface area (TPSA) is 50.4 Å². The van der Waals surface area contributed by atoms with Gasteiger partial charge in [-0.2, -0.15) is 0 Å². The molecule has 2 N–H and O–H groups in total. The molecule has 0 aliphatic carbocycles. The summed E-state index contributed by atoms with van der Waals surface area (Å²) >= 11 is 3.46. The molecule has 0 radical (unpaired) electrons. The third kappa shape index (κ3) is 5.51. The van der Waals surface area contributed by atoms with Crippen molar-refractivity contribution in [3.05, 3.63) is 28.2 Å². The third-order valence-electron chi connectivity index (χ3n) is 2.75. The molecule has 1 amide bonds. The van der Waals surface area contributed by atoms with Gasteiger partial charge in [-0.25, -0.2) is 0 Å². The van der Waals surface area contributed by atoms with Crippen LogP contribution in [-0.2, 0) is 11.3 Å². The number of nitrogens with one attached hydrogen (secondary N) is 2. The van der Waals surface area contributed by atoms with Gasteiger partial charge in [0.15, 0.2) is 6.10 Å². The molecule has 5 heteroatoms. The summed E-state index contributed by atoms with van der Waals surface area (Å²) in [7, 11) is 1.60. The first-order chi connectivity index (χ1) is 9.23. The van der Waals surface area contributed by atoms with Crippen LogP contribution in [0.2, 0.25) is 0 Å². The lowest BCUT2D eigenvalue weighted by Crippen LogP contribution is -2.36. The predicted octanol–water partition coefficient (Wildman–Crippen LogP) is 2.85. The van der Waals surface area contributed by atoms with E-state index in [1.807, 2.05) is 18.2 Å². The van der Waals surface area contributed by atoms with Gasteiger partial charge in [-0.15, -0.1) is 0 Å². The molecule has 0 heterocycles. The molecule has 0 aliphatic heterocycles. The Hall–Kier alpha value is -1.07. The fourth-order valence-corrected chi connectivity index (χ4v) is 2.02. The van der Waals surface area contributed by atoms with Gasteiger partial charge in [0.1, 0.15) is 5.75 Å². The van der Waals surface area contributed by atoms with E-state index in [1.54, 1.807) is 14.0 Å². The summed E-state index contributed by atoms with van der Waals surface area (Å²) in [5.74, 6) is 0.587. The zero-order valence-corrected chi connectivity index (χ0v) is 14.3. The molecule has 0 spiro atoms. The lowest BCUT2D eigenvalue weighted by atomic mass is 10.1. The number of rotatable bonds is 5. The van der Waals surface area contributed by atoms with Gasteiger partial charge >= 0.3 is 0 Å². The molecule has 0 bridgehead atoms. The molecule has 0 aliphatic rings. The maximum absolute atomic E-state index is 11.6. The predicted molar refractivity (Wildman–Crippen MR) is 84.9 cm³/mol. The van der Waals surface area contributed by atoms with Crippen LogP contribution in [-0.4, -0.2) is 24.6 Å². The molecule has 20 heavy (non-hydrogen) atoms. The molecule has 1 rings (SSSR count). The summed E-state index contributed by atoms with van der Waals surface area (Å²) in [6, 6.07) is 5.79. The Labute approximate surface area is 129 Å². The molecule has 1 aromatic carbocycles. The summed E-state index contributed by atoms with van der Waals surface area (Å²) in [6.45, 7) is 8.75. The quantitative estimate of drug-likeness (QED) is 0.864. The number of benzene rings is 1. The van der Waals surface area contributed by atoms with E-state index in [0.29, 0.717) is 6.54 Å². The summed E-state index contributed by atoms with van der Waals surface area (Å²) in [6.07, 6.45) is -0.519. The highest BCUT2D eigenvalue weighted by Crippen LogP contribution is 2.24. The summed E-state index contributed by atoms with van der Waals surface area (Å²) < 4.78 is 6.73. The maximum atomic E-state index is 11.6. The average Bonchev–Trinajstić information content (AvgIpc) is 2.36. The molecule has 0 saturated carbocycles. The molecule has 0 aromatic heterocycles. The van der Waals surface area contributed by atoms with E-state index in [9.17, 15) is 4.79 Å². The molecular weight excluding hydrogens is 320 g/mol. The van der Waals surface area contributed by atoms with Crippen molar-refractivity contribution in [2.24, 2.45) is 0 Å². The standard InChI is InChI=1S/C15H23BrN2O2/c1-10(14(19)17-5)20-13-7-6-12(16)8-11(13)9-18-15(2,3)4/h6-8,10,18H,9H2,1-5H3,(H,17,19). The number of hydrogen-bond donors (Lipinski definition) is 2. The van der Waals surface area contributed by atoms with Crippen molar-refractivity contribution >= 4 is 21.8 Å². The first kappa shape index (κ1) is 17.0. The Morgan fingerprint density at radius 2 is 2.05 bits per heavy atom. The van der Waals surface area contributed by atoms with Crippen molar-refractivity contribution in [2.75, 3.05) is 7.05 Å². The Kier molecular flexibility index (Phi) is 6.02. The Balaban J connectivity index is 2.87. The minimum absolute atomic E-state index is 0.0198. The van der Waals surface area contributed by atoms with Crippen molar-refractivity contribution < 1.29 is 9.53 Å². The van der Waals surface area contributed by atoms with Crippen molar-refractivity contribution in [3.63, 3.8) is 0 Å². The van der Waals surface area contributed by atoms with Crippen LogP contribution in [0, 0.1) is 0 Å². The zero-order valence-electron chi connectivity index (χ0n) is 12.7. The minimum Gasteiger partial charge on any atom is -0.481 e. The van der Waals surface area contributed by atoms with Crippen LogP contribution >= 0.6 is 15.9 Å². The second-order valence-corrected chi connectivity index (χ2v) is 6.65. The minimum atomic E-state index is -0.519. The van der Waals surface area contributed by atoms with E-state index in [0.717, 1.165) is 15.8 Å². The second-order valence-electron chi connectivity index (χ2n) is 5.73. The smallest absolute Gasteiger partial charge is 0.260 e. The van der Waals surface area contributed by atoms with Crippen LogP contribution in [0.1, 0.15) is 33.3 Å². The third-order valence-corrected chi connectivity index (χ3v) is 3.24. The molecule has 0 saturated heterocycles. The van der Waals surface area contributed by atoms with Gasteiger partial charge in [0, 0.05) is 29.2 Å². The van der Waals surface area contributed by atoms with Gasteiger partial charge < -0.3 is 15.4 Å². The van der Waals surface area contributed by atoms with Crippen LogP contribution in [0.4, 0.5) is 0 Å². The highest BCUT2D eigenvalue weighted by molar-refractivity contribution is 9.10. The summed E-state index contributed by atoms with van der Waals surface area (Å²) in [5, 5.41) is 6.00. The average molecular weight is 343 g/mol. The zero-order chi connectivity index (χ0) is 15.3. The monoisotopic (exact) mass is 342 g/mol. The molecule has 0 fully saturated rings.